The second-order valence-electron chi connectivity index (χ2n) is 16.5. The highest BCUT2D eigenvalue weighted by atomic mass is 16.3. The first-order valence-electron chi connectivity index (χ1n) is 21.9. The highest BCUT2D eigenvalue weighted by molar-refractivity contribution is 6.06. The Bertz CT molecular complexity index is 3650. The molecule has 2 heteroatoms. The van der Waals surface area contributed by atoms with E-state index >= 15 is 0 Å². The van der Waals surface area contributed by atoms with Gasteiger partial charge in [-0.15, -0.1) is 0 Å². The monoisotopic (exact) mass is 815 g/mol. The summed E-state index contributed by atoms with van der Waals surface area (Å²) >= 11 is 0. The lowest BCUT2D eigenvalue weighted by Gasteiger charge is -2.29. The van der Waals surface area contributed by atoms with Gasteiger partial charge in [-0.3, -0.25) is 0 Å². The third-order valence-electron chi connectivity index (χ3n) is 12.7. The van der Waals surface area contributed by atoms with Crippen LogP contribution < -0.4 is 4.90 Å². The molecule has 0 aliphatic carbocycles. The zero-order chi connectivity index (χ0) is 42.4. The summed E-state index contributed by atoms with van der Waals surface area (Å²) in [5.74, 6) is 0. The van der Waals surface area contributed by atoms with Gasteiger partial charge >= 0.3 is 0 Å². The van der Waals surface area contributed by atoms with Gasteiger partial charge in [0.15, 0.2) is 0 Å². The third-order valence-corrected chi connectivity index (χ3v) is 12.7. The molecule has 12 rings (SSSR count). The number of hydrogen-bond donors (Lipinski definition) is 0. The quantitative estimate of drug-likeness (QED) is 0.152. The average Bonchev–Trinajstić information content (AvgIpc) is 3.75. The Balaban J connectivity index is 0.989. The maximum atomic E-state index is 6.30. The van der Waals surface area contributed by atoms with Crippen LogP contribution in [0.3, 0.4) is 0 Å². The molecule has 0 N–H and O–H groups in total. The topological polar surface area (TPSA) is 16.4 Å². The fraction of sp³-hybridized carbons (Fsp3) is 0. The molecule has 0 saturated carbocycles. The van der Waals surface area contributed by atoms with Gasteiger partial charge in [0.2, 0.25) is 0 Å². The van der Waals surface area contributed by atoms with Gasteiger partial charge in [0.1, 0.15) is 11.2 Å². The fourth-order valence-electron chi connectivity index (χ4n) is 9.41. The molecule has 0 aliphatic rings. The highest BCUT2D eigenvalue weighted by Gasteiger charge is 2.20. The van der Waals surface area contributed by atoms with E-state index in [1.54, 1.807) is 0 Å². The summed E-state index contributed by atoms with van der Waals surface area (Å²) in [4.78, 5) is 2.42. The number of anilines is 3. The van der Waals surface area contributed by atoms with E-state index in [0.717, 1.165) is 72.4 Å². The van der Waals surface area contributed by atoms with Crippen LogP contribution in [0.4, 0.5) is 17.1 Å². The minimum Gasteiger partial charge on any atom is -0.456 e. The van der Waals surface area contributed by atoms with Crippen molar-refractivity contribution in [2.24, 2.45) is 0 Å². The van der Waals surface area contributed by atoms with E-state index in [0.29, 0.717) is 0 Å². The smallest absolute Gasteiger partial charge is 0.136 e. The molecule has 0 amide bonds. The largest absolute Gasteiger partial charge is 0.456 e. The van der Waals surface area contributed by atoms with E-state index in [4.69, 9.17) is 4.42 Å². The first-order chi connectivity index (χ1) is 31.7. The normalized spacial score (nSPS) is 11.4. The van der Waals surface area contributed by atoms with Crippen LogP contribution >= 0.6 is 0 Å². The Morgan fingerprint density at radius 1 is 0.250 bits per heavy atom. The molecule has 12 aromatic rings. The van der Waals surface area contributed by atoms with Gasteiger partial charge in [0.05, 0.1) is 5.69 Å². The van der Waals surface area contributed by atoms with Crippen molar-refractivity contribution in [3.63, 3.8) is 0 Å². The predicted molar refractivity (Wildman–Crippen MR) is 271 cm³/mol. The lowest BCUT2D eigenvalue weighted by Crippen LogP contribution is -2.11. The number of rotatable bonds is 8. The van der Waals surface area contributed by atoms with E-state index in [1.165, 1.54) is 43.8 Å². The lowest BCUT2D eigenvalue weighted by molar-refractivity contribution is 0.669. The highest BCUT2D eigenvalue weighted by Crippen LogP contribution is 2.45. The summed E-state index contributed by atoms with van der Waals surface area (Å²) in [6.07, 6.45) is 0. The zero-order valence-corrected chi connectivity index (χ0v) is 35.0. The summed E-state index contributed by atoms with van der Waals surface area (Å²) in [6.45, 7) is 0. The van der Waals surface area contributed by atoms with Crippen LogP contribution in [-0.2, 0) is 0 Å². The average molecular weight is 816 g/mol. The second-order valence-corrected chi connectivity index (χ2v) is 16.5. The Kier molecular flexibility index (Phi) is 9.20. The van der Waals surface area contributed by atoms with Crippen molar-refractivity contribution in [2.45, 2.75) is 0 Å². The second kappa shape index (κ2) is 15.8. The number of para-hydroxylation sites is 1. The molecule has 1 heterocycles. The van der Waals surface area contributed by atoms with Gasteiger partial charge in [-0.2, -0.15) is 0 Å². The molecule has 2 nitrogen and oxygen atoms in total. The van der Waals surface area contributed by atoms with Crippen molar-refractivity contribution >= 4 is 60.5 Å². The minimum atomic E-state index is 0.894. The van der Waals surface area contributed by atoms with Crippen molar-refractivity contribution in [1.29, 1.82) is 0 Å². The van der Waals surface area contributed by atoms with E-state index in [9.17, 15) is 0 Å². The molecule has 0 saturated heterocycles. The Labute approximate surface area is 372 Å². The summed E-state index contributed by atoms with van der Waals surface area (Å²) in [7, 11) is 0. The first-order valence-corrected chi connectivity index (χ1v) is 21.9. The SMILES string of the molecule is c1ccc(-c2ccc(-c3cccc4ccccc34)cc2N(c2ccc(-c3cccc(-c4ccc5ccccc5c4)c3)cc2)c2ccc(-c3ccc4c(c3)oc3ccccc34)cc2)cc1. The van der Waals surface area contributed by atoms with Crippen LogP contribution in [0, 0.1) is 0 Å². The van der Waals surface area contributed by atoms with E-state index < -0.39 is 0 Å². The van der Waals surface area contributed by atoms with Gasteiger partial charge < -0.3 is 9.32 Å². The van der Waals surface area contributed by atoms with Crippen LogP contribution in [-0.4, -0.2) is 0 Å². The minimum absolute atomic E-state index is 0.894. The van der Waals surface area contributed by atoms with Crippen molar-refractivity contribution < 1.29 is 4.42 Å². The maximum absolute atomic E-state index is 6.30. The molecular formula is C62H41NO. The van der Waals surface area contributed by atoms with Gasteiger partial charge in [-0.05, 0) is 132 Å². The van der Waals surface area contributed by atoms with Gasteiger partial charge in [0.25, 0.3) is 0 Å². The lowest BCUT2D eigenvalue weighted by atomic mass is 9.94. The number of nitrogens with zero attached hydrogens (tertiary/aromatic N) is 1. The Morgan fingerprint density at radius 3 is 1.56 bits per heavy atom. The van der Waals surface area contributed by atoms with Crippen LogP contribution in [0.15, 0.2) is 253 Å². The first kappa shape index (κ1) is 37.3. The fourth-order valence-corrected chi connectivity index (χ4v) is 9.41. The molecule has 0 spiro atoms. The van der Waals surface area contributed by atoms with Crippen molar-refractivity contribution in [2.75, 3.05) is 4.90 Å². The number of hydrogen-bond acceptors (Lipinski definition) is 2. The summed E-state index contributed by atoms with van der Waals surface area (Å²) in [5, 5.41) is 7.22. The van der Waals surface area contributed by atoms with E-state index in [-0.39, 0.29) is 0 Å². The van der Waals surface area contributed by atoms with Gasteiger partial charge in [0, 0.05) is 27.7 Å². The number of benzene rings is 11. The van der Waals surface area contributed by atoms with Crippen molar-refractivity contribution in [3.8, 4) is 55.6 Å². The summed E-state index contributed by atoms with van der Waals surface area (Å²) in [6, 6.07) is 89.9. The molecule has 11 aromatic carbocycles. The van der Waals surface area contributed by atoms with Crippen LogP contribution in [0.1, 0.15) is 0 Å². The zero-order valence-electron chi connectivity index (χ0n) is 35.0. The molecule has 0 fully saturated rings. The standard InChI is InChI=1S/C62H41NO/c1-2-13-46(14-3-1)57-36-31-52(56-22-11-17-45-15-6-7-20-55(45)56)40-60(57)63(54-34-28-44(29-35-54)51-30-37-59-58-21-8-9-23-61(58)64-62(59)41-51)53-32-26-43(27-33-53)48-18-10-19-49(38-48)50-25-24-42-12-4-5-16-47(42)39-50/h1-41H. The molecule has 0 unspecified atom stereocenters. The van der Waals surface area contributed by atoms with Crippen LogP contribution in [0.25, 0.3) is 99.1 Å². The molecule has 0 atom stereocenters. The molecule has 1 aromatic heterocycles. The molecule has 0 radical (unpaired) electrons. The number of fused-ring (bicyclic) bond motifs is 5. The van der Waals surface area contributed by atoms with Crippen molar-refractivity contribution in [1.82, 2.24) is 0 Å². The van der Waals surface area contributed by atoms with E-state index in [2.05, 4.69) is 241 Å². The van der Waals surface area contributed by atoms with Crippen molar-refractivity contribution in [3.05, 3.63) is 249 Å². The maximum Gasteiger partial charge on any atom is 0.136 e. The summed E-state index contributed by atoms with van der Waals surface area (Å²) < 4.78 is 6.30. The molecule has 64 heavy (non-hydrogen) atoms. The van der Waals surface area contributed by atoms with E-state index in [1.807, 2.05) is 12.1 Å². The Morgan fingerprint density at radius 2 is 0.781 bits per heavy atom. The molecule has 300 valence electrons. The van der Waals surface area contributed by atoms with Crippen LogP contribution in [0.2, 0.25) is 0 Å². The molecular weight excluding hydrogens is 775 g/mol. The molecule has 0 aliphatic heterocycles. The predicted octanol–water partition coefficient (Wildman–Crippen LogP) is 17.7. The Hall–Kier alpha value is -8.46. The molecule has 0 bridgehead atoms. The third kappa shape index (κ3) is 6.79. The van der Waals surface area contributed by atoms with Gasteiger partial charge in [-0.1, -0.05) is 188 Å². The van der Waals surface area contributed by atoms with Gasteiger partial charge in [-0.25, -0.2) is 0 Å². The van der Waals surface area contributed by atoms with Crippen LogP contribution in [0.5, 0.6) is 0 Å². The number of furan rings is 1. The summed E-state index contributed by atoms with van der Waals surface area (Å²) in [5.41, 5.74) is 16.7.